The Labute approximate surface area is 150 Å². The van der Waals surface area contributed by atoms with Crippen molar-refractivity contribution in [3.8, 4) is 34.5 Å². The standard InChI is InChI=1S/C20H18N2O4/c1-3-25-14-8-4-7-13(10-14)18-21-19(23)15-11-12-6-5-9-16(24-2)17(12)26-20(15)22-18/h4-10H,3,11H2,1-2H3,(H,21,22,23). The first-order valence-corrected chi connectivity index (χ1v) is 8.39. The van der Waals surface area contributed by atoms with Crippen LogP contribution in [0.4, 0.5) is 0 Å². The summed E-state index contributed by atoms with van der Waals surface area (Å²) in [6, 6.07) is 13.0. The molecule has 26 heavy (non-hydrogen) atoms. The van der Waals surface area contributed by atoms with Gasteiger partial charge in [-0.2, -0.15) is 4.98 Å². The molecule has 6 heteroatoms. The van der Waals surface area contributed by atoms with Gasteiger partial charge in [-0.25, -0.2) is 0 Å². The number of nitrogens with one attached hydrogen (secondary N) is 1. The van der Waals surface area contributed by atoms with Crippen LogP contribution in [0, 0.1) is 0 Å². The molecule has 132 valence electrons. The molecule has 0 fully saturated rings. The van der Waals surface area contributed by atoms with Crippen LogP contribution in [0.25, 0.3) is 11.4 Å². The molecular weight excluding hydrogens is 332 g/mol. The summed E-state index contributed by atoms with van der Waals surface area (Å²) in [4.78, 5) is 20.0. The Morgan fingerprint density at radius 1 is 1.23 bits per heavy atom. The van der Waals surface area contributed by atoms with Gasteiger partial charge in [-0.15, -0.1) is 0 Å². The molecule has 0 aliphatic carbocycles. The van der Waals surface area contributed by atoms with E-state index in [0.717, 1.165) is 16.9 Å². The largest absolute Gasteiger partial charge is 0.494 e. The lowest BCUT2D eigenvalue weighted by atomic mass is 10.0. The highest BCUT2D eigenvalue weighted by Crippen LogP contribution is 2.40. The highest BCUT2D eigenvalue weighted by molar-refractivity contribution is 5.60. The van der Waals surface area contributed by atoms with Crippen LogP contribution in [0.3, 0.4) is 0 Å². The number of H-pyrrole nitrogens is 1. The van der Waals surface area contributed by atoms with Crippen molar-refractivity contribution < 1.29 is 14.2 Å². The van der Waals surface area contributed by atoms with E-state index < -0.39 is 0 Å². The quantitative estimate of drug-likeness (QED) is 0.609. The zero-order valence-corrected chi connectivity index (χ0v) is 14.5. The van der Waals surface area contributed by atoms with Gasteiger partial charge in [0.1, 0.15) is 11.6 Å². The SMILES string of the molecule is CCOc1cccc(-c2nc3c(c(=O)[nH]2)Cc2cccc(OC)c2O3)c1. The Hall–Kier alpha value is -3.28. The maximum Gasteiger partial charge on any atom is 0.258 e. The smallest absolute Gasteiger partial charge is 0.258 e. The number of para-hydroxylation sites is 1. The summed E-state index contributed by atoms with van der Waals surface area (Å²) in [5.74, 6) is 2.69. The Morgan fingerprint density at radius 3 is 2.88 bits per heavy atom. The Kier molecular flexibility index (Phi) is 4.08. The number of hydrogen-bond donors (Lipinski definition) is 1. The van der Waals surface area contributed by atoms with Gasteiger partial charge in [-0.1, -0.05) is 24.3 Å². The van der Waals surface area contributed by atoms with Gasteiger partial charge in [0.25, 0.3) is 5.56 Å². The summed E-state index contributed by atoms with van der Waals surface area (Å²) in [7, 11) is 1.59. The van der Waals surface area contributed by atoms with E-state index >= 15 is 0 Å². The number of hydrogen-bond acceptors (Lipinski definition) is 5. The Morgan fingerprint density at radius 2 is 2.08 bits per heavy atom. The number of benzene rings is 2. The molecule has 0 amide bonds. The van der Waals surface area contributed by atoms with Crippen LogP contribution in [0.5, 0.6) is 23.1 Å². The minimum absolute atomic E-state index is 0.208. The second kappa shape index (κ2) is 6.55. The predicted octanol–water partition coefficient (Wildman–Crippen LogP) is 3.54. The second-order valence-corrected chi connectivity index (χ2v) is 5.89. The molecule has 4 rings (SSSR count). The molecule has 2 aromatic carbocycles. The van der Waals surface area contributed by atoms with Gasteiger partial charge in [-0.3, -0.25) is 4.79 Å². The predicted molar refractivity (Wildman–Crippen MR) is 97.3 cm³/mol. The molecule has 0 unspecified atom stereocenters. The summed E-state index contributed by atoms with van der Waals surface area (Å²) in [5.41, 5.74) is 1.95. The van der Waals surface area contributed by atoms with Crippen molar-refractivity contribution in [2.45, 2.75) is 13.3 Å². The molecule has 6 nitrogen and oxygen atoms in total. The first kappa shape index (κ1) is 16.2. The zero-order valence-electron chi connectivity index (χ0n) is 14.5. The number of fused-ring (bicyclic) bond motifs is 2. The van der Waals surface area contributed by atoms with Crippen LogP contribution in [0.15, 0.2) is 47.3 Å². The van der Waals surface area contributed by atoms with Crippen LogP contribution >= 0.6 is 0 Å². The van der Waals surface area contributed by atoms with Gasteiger partial charge in [-0.05, 0) is 25.1 Å². The van der Waals surface area contributed by atoms with Crippen molar-refractivity contribution in [1.29, 1.82) is 0 Å². The third-order valence-corrected chi connectivity index (χ3v) is 4.24. The fraction of sp³-hybridized carbons (Fsp3) is 0.200. The molecule has 0 radical (unpaired) electrons. The van der Waals surface area contributed by atoms with Crippen molar-refractivity contribution in [3.63, 3.8) is 0 Å². The number of ether oxygens (including phenoxy) is 3. The summed E-state index contributed by atoms with van der Waals surface area (Å²) in [5, 5.41) is 0. The van der Waals surface area contributed by atoms with E-state index in [1.54, 1.807) is 7.11 Å². The lowest BCUT2D eigenvalue weighted by Gasteiger charge is -2.21. The van der Waals surface area contributed by atoms with E-state index in [2.05, 4.69) is 9.97 Å². The fourth-order valence-corrected chi connectivity index (χ4v) is 3.02. The molecule has 0 atom stereocenters. The molecule has 0 saturated heterocycles. The molecule has 1 aromatic heterocycles. The van der Waals surface area contributed by atoms with E-state index in [-0.39, 0.29) is 5.56 Å². The van der Waals surface area contributed by atoms with Crippen LogP contribution in [0.2, 0.25) is 0 Å². The lowest BCUT2D eigenvalue weighted by Crippen LogP contribution is -2.20. The minimum atomic E-state index is -0.208. The van der Waals surface area contributed by atoms with Gasteiger partial charge in [0, 0.05) is 17.5 Å². The average Bonchev–Trinajstić information content (AvgIpc) is 2.66. The van der Waals surface area contributed by atoms with Crippen molar-refractivity contribution >= 4 is 0 Å². The number of rotatable bonds is 4. The van der Waals surface area contributed by atoms with Gasteiger partial charge in [0.2, 0.25) is 5.88 Å². The summed E-state index contributed by atoms with van der Waals surface area (Å²) in [6.45, 7) is 2.49. The number of nitrogens with zero attached hydrogens (tertiary/aromatic N) is 1. The third kappa shape index (κ3) is 2.79. The van der Waals surface area contributed by atoms with Gasteiger partial charge < -0.3 is 19.2 Å². The molecule has 1 N–H and O–H groups in total. The average molecular weight is 350 g/mol. The van der Waals surface area contributed by atoms with E-state index in [4.69, 9.17) is 14.2 Å². The van der Waals surface area contributed by atoms with Gasteiger partial charge in [0.05, 0.1) is 19.3 Å². The Balaban J connectivity index is 1.78. The van der Waals surface area contributed by atoms with Crippen LogP contribution in [-0.2, 0) is 6.42 Å². The molecular formula is C20H18N2O4. The molecule has 3 aromatic rings. The highest BCUT2D eigenvalue weighted by Gasteiger charge is 2.25. The molecule has 1 aliphatic heterocycles. The zero-order chi connectivity index (χ0) is 18.1. The van der Waals surface area contributed by atoms with Crippen LogP contribution < -0.4 is 19.8 Å². The molecule has 0 saturated carbocycles. The third-order valence-electron chi connectivity index (χ3n) is 4.24. The second-order valence-electron chi connectivity index (χ2n) is 5.89. The summed E-state index contributed by atoms with van der Waals surface area (Å²) in [6.07, 6.45) is 0.448. The number of aromatic amines is 1. The summed E-state index contributed by atoms with van der Waals surface area (Å²) >= 11 is 0. The summed E-state index contributed by atoms with van der Waals surface area (Å²) < 4.78 is 16.8. The van der Waals surface area contributed by atoms with Crippen molar-refractivity contribution in [2.24, 2.45) is 0 Å². The topological polar surface area (TPSA) is 73.4 Å². The lowest BCUT2D eigenvalue weighted by molar-refractivity contribution is 0.340. The highest BCUT2D eigenvalue weighted by atomic mass is 16.5. The molecule has 2 heterocycles. The number of methoxy groups -OCH3 is 1. The first-order chi connectivity index (χ1) is 12.7. The first-order valence-electron chi connectivity index (χ1n) is 8.39. The van der Waals surface area contributed by atoms with Crippen molar-refractivity contribution in [2.75, 3.05) is 13.7 Å². The fourth-order valence-electron chi connectivity index (χ4n) is 3.02. The van der Waals surface area contributed by atoms with E-state index in [1.165, 1.54) is 0 Å². The number of aromatic nitrogens is 2. The normalized spacial score (nSPS) is 11.9. The van der Waals surface area contributed by atoms with Crippen molar-refractivity contribution in [3.05, 3.63) is 63.9 Å². The Bertz CT molecular complexity index is 1030. The van der Waals surface area contributed by atoms with Crippen molar-refractivity contribution in [1.82, 2.24) is 9.97 Å². The minimum Gasteiger partial charge on any atom is -0.494 e. The molecule has 1 aliphatic rings. The molecule has 0 spiro atoms. The van der Waals surface area contributed by atoms with Gasteiger partial charge in [0.15, 0.2) is 11.5 Å². The van der Waals surface area contributed by atoms with E-state index in [0.29, 0.717) is 41.8 Å². The van der Waals surface area contributed by atoms with Crippen LogP contribution in [0.1, 0.15) is 18.1 Å². The van der Waals surface area contributed by atoms with E-state index in [9.17, 15) is 4.79 Å². The van der Waals surface area contributed by atoms with Gasteiger partial charge >= 0.3 is 0 Å². The monoisotopic (exact) mass is 350 g/mol. The van der Waals surface area contributed by atoms with E-state index in [1.807, 2.05) is 49.4 Å². The molecule has 0 bridgehead atoms. The van der Waals surface area contributed by atoms with Crippen LogP contribution in [-0.4, -0.2) is 23.7 Å². The maximum atomic E-state index is 12.6. The maximum absolute atomic E-state index is 12.6.